The van der Waals surface area contributed by atoms with Crippen LogP contribution in [-0.2, 0) is 43.2 Å². The zero-order valence-corrected chi connectivity index (χ0v) is 35.0. The molecule has 3 aromatic rings. The van der Waals surface area contributed by atoms with Crippen molar-refractivity contribution in [3.63, 3.8) is 0 Å². The first-order valence-corrected chi connectivity index (χ1v) is 22.1. The minimum absolute atomic E-state index is 0.00500. The largest absolute Gasteiger partial charge is 0.506 e. The van der Waals surface area contributed by atoms with Crippen molar-refractivity contribution in [1.29, 1.82) is 0 Å². The molecule has 3 aliphatic heterocycles. The van der Waals surface area contributed by atoms with Gasteiger partial charge in [-0.15, -0.1) is 0 Å². The zero-order chi connectivity index (χ0) is 41.6. The Morgan fingerprint density at radius 2 is 1.72 bits per heavy atom. The van der Waals surface area contributed by atoms with Crippen LogP contribution in [0.3, 0.4) is 0 Å². The van der Waals surface area contributed by atoms with Crippen LogP contribution in [0, 0.1) is 0 Å². The summed E-state index contributed by atoms with van der Waals surface area (Å²) in [6.07, 6.45) is 9.61. The van der Waals surface area contributed by atoms with Gasteiger partial charge in [-0.25, -0.2) is 0 Å². The first-order valence-electron chi connectivity index (χ1n) is 22.1. The molecule has 60 heavy (non-hydrogen) atoms. The Bertz CT molecular complexity index is 1860. The van der Waals surface area contributed by atoms with Crippen molar-refractivity contribution in [2.45, 2.75) is 88.8 Å². The molecule has 1 spiro atoms. The van der Waals surface area contributed by atoms with Gasteiger partial charge in [-0.2, -0.15) is 0 Å². The average molecular weight is 826 g/mol. The molecule has 1 aliphatic carbocycles. The molecular weight excluding hydrogens is 763 g/mol. The number of carbonyl (C=O) groups is 3. The van der Waals surface area contributed by atoms with Crippen LogP contribution in [0.1, 0.15) is 74.5 Å². The number of ether oxygens (including phenoxy) is 4. The first-order chi connectivity index (χ1) is 29.3. The van der Waals surface area contributed by atoms with Gasteiger partial charge in [0.25, 0.3) is 5.91 Å². The number of hydrogen-bond donors (Lipinski definition) is 3. The van der Waals surface area contributed by atoms with Crippen molar-refractivity contribution < 1.29 is 38.4 Å². The van der Waals surface area contributed by atoms with Crippen LogP contribution in [0.5, 0.6) is 17.2 Å². The summed E-state index contributed by atoms with van der Waals surface area (Å²) >= 11 is 0. The van der Waals surface area contributed by atoms with Crippen LogP contribution in [-0.4, -0.2) is 128 Å². The van der Waals surface area contributed by atoms with Gasteiger partial charge >= 0.3 is 0 Å². The standard InChI is InChI=1S/C47H63N5O8/c53-41-15-14-38(46-45(41)49-42(54)34-59-46)16-22-48-23-26-52(39-10-3-1-4-11-39)44(56)18-29-57-28-17-36-8-7-9-37(32-36)33-50-24-20-47(21-25-50)35-51(27-31-60-47)43(55)19-30-58-40-12-5-2-6-13-40/h2,5-9,12-15,32,39,48,53H,1,3-4,10-11,16-31,33-35H2,(H,49,54). The number of likely N-dealkylation sites (tertiary alicyclic amines) is 1. The highest BCUT2D eigenvalue weighted by atomic mass is 16.5. The quantitative estimate of drug-likeness (QED) is 0.107. The molecule has 3 fully saturated rings. The lowest BCUT2D eigenvalue weighted by Crippen LogP contribution is -2.58. The van der Waals surface area contributed by atoms with E-state index in [9.17, 15) is 19.5 Å². The predicted molar refractivity (Wildman–Crippen MR) is 229 cm³/mol. The number of amides is 3. The van der Waals surface area contributed by atoms with E-state index in [1.54, 1.807) is 6.07 Å². The van der Waals surface area contributed by atoms with Crippen LogP contribution >= 0.6 is 0 Å². The Morgan fingerprint density at radius 1 is 0.900 bits per heavy atom. The molecule has 3 aromatic carbocycles. The smallest absolute Gasteiger partial charge is 0.262 e. The topological polar surface area (TPSA) is 142 Å². The van der Waals surface area contributed by atoms with Crippen LogP contribution in [0.2, 0.25) is 0 Å². The van der Waals surface area contributed by atoms with Gasteiger partial charge in [0.1, 0.15) is 17.2 Å². The molecule has 0 bridgehead atoms. The maximum atomic E-state index is 13.6. The van der Waals surface area contributed by atoms with E-state index in [1.165, 1.54) is 17.5 Å². The molecule has 0 unspecified atom stereocenters. The number of phenols is 1. The third-order valence-electron chi connectivity index (χ3n) is 12.4. The number of anilines is 1. The summed E-state index contributed by atoms with van der Waals surface area (Å²) in [4.78, 5) is 44.9. The number of para-hydroxylation sites is 1. The number of aromatic hydroxyl groups is 1. The predicted octanol–water partition coefficient (Wildman–Crippen LogP) is 5.33. The number of nitrogens with zero attached hydrogens (tertiary/aromatic N) is 3. The van der Waals surface area contributed by atoms with Gasteiger partial charge in [0.2, 0.25) is 11.8 Å². The van der Waals surface area contributed by atoms with E-state index < -0.39 is 0 Å². The average Bonchev–Trinajstić information content (AvgIpc) is 3.27. The molecule has 1 saturated carbocycles. The van der Waals surface area contributed by atoms with Gasteiger partial charge in [-0.3, -0.25) is 19.3 Å². The van der Waals surface area contributed by atoms with E-state index in [1.807, 2.05) is 41.3 Å². The molecule has 3 heterocycles. The van der Waals surface area contributed by atoms with Crippen LogP contribution < -0.4 is 20.1 Å². The molecule has 0 radical (unpaired) electrons. The second kappa shape index (κ2) is 21.7. The summed E-state index contributed by atoms with van der Waals surface area (Å²) in [5.41, 5.74) is 3.48. The molecule has 0 atom stereocenters. The highest BCUT2D eigenvalue weighted by Crippen LogP contribution is 2.39. The first kappa shape index (κ1) is 43.4. The van der Waals surface area contributed by atoms with Gasteiger partial charge in [0, 0.05) is 51.9 Å². The number of hydrogen-bond acceptors (Lipinski definition) is 10. The molecule has 4 aliphatic rings. The normalized spacial score (nSPS) is 18.1. The maximum absolute atomic E-state index is 13.6. The second-order valence-electron chi connectivity index (χ2n) is 16.6. The monoisotopic (exact) mass is 825 g/mol. The van der Waals surface area contributed by atoms with Crippen LogP contribution in [0.25, 0.3) is 0 Å². The summed E-state index contributed by atoms with van der Waals surface area (Å²) in [6.45, 7) is 7.84. The SMILES string of the molecule is O=C1COc2c(CCNCCN(C(=O)CCOCCc3cccc(CN4CCC5(CC4)CN(C(=O)CCOc4ccccc4)CCO5)c3)C3CCCCC3)ccc(O)c2N1. The fourth-order valence-electron chi connectivity index (χ4n) is 9.01. The summed E-state index contributed by atoms with van der Waals surface area (Å²) < 4.78 is 23.8. The number of rotatable bonds is 19. The number of phenolic OH excluding ortho intramolecular Hbond substituents is 1. The number of morpholine rings is 1. The van der Waals surface area contributed by atoms with Crippen LogP contribution in [0.15, 0.2) is 66.7 Å². The van der Waals surface area contributed by atoms with Gasteiger partial charge in [-0.05, 0) is 80.0 Å². The lowest BCUT2D eigenvalue weighted by Gasteiger charge is -2.47. The minimum Gasteiger partial charge on any atom is -0.506 e. The van der Waals surface area contributed by atoms with E-state index in [0.29, 0.717) is 89.9 Å². The van der Waals surface area contributed by atoms with E-state index in [2.05, 4.69) is 44.7 Å². The van der Waals surface area contributed by atoms with E-state index >= 15 is 0 Å². The molecule has 13 nitrogen and oxygen atoms in total. The van der Waals surface area contributed by atoms with Crippen molar-refractivity contribution >= 4 is 23.4 Å². The summed E-state index contributed by atoms with van der Waals surface area (Å²) in [5, 5.41) is 16.3. The molecule has 0 aromatic heterocycles. The van der Waals surface area contributed by atoms with E-state index in [4.69, 9.17) is 18.9 Å². The van der Waals surface area contributed by atoms with E-state index in [0.717, 1.165) is 75.9 Å². The lowest BCUT2D eigenvalue weighted by molar-refractivity contribution is -0.160. The number of carbonyl (C=O) groups excluding carboxylic acids is 3. The summed E-state index contributed by atoms with van der Waals surface area (Å²) in [7, 11) is 0. The third-order valence-corrected chi connectivity index (χ3v) is 12.4. The second-order valence-corrected chi connectivity index (χ2v) is 16.6. The molecule has 324 valence electrons. The summed E-state index contributed by atoms with van der Waals surface area (Å²) in [5.74, 6) is 1.30. The number of fused-ring (bicyclic) bond motifs is 1. The molecule has 13 heteroatoms. The summed E-state index contributed by atoms with van der Waals surface area (Å²) in [6, 6.07) is 22.0. The van der Waals surface area contributed by atoms with Crippen molar-refractivity contribution in [3.8, 4) is 17.2 Å². The highest BCUT2D eigenvalue weighted by Gasteiger charge is 2.41. The van der Waals surface area contributed by atoms with Gasteiger partial charge in [0.15, 0.2) is 12.4 Å². The Morgan fingerprint density at radius 3 is 2.55 bits per heavy atom. The van der Waals surface area contributed by atoms with Crippen molar-refractivity contribution in [2.24, 2.45) is 0 Å². The number of benzene rings is 3. The van der Waals surface area contributed by atoms with Crippen molar-refractivity contribution in [3.05, 3.63) is 83.4 Å². The minimum atomic E-state index is -0.281. The van der Waals surface area contributed by atoms with Gasteiger partial charge in [-0.1, -0.05) is 67.8 Å². The molecule has 3 amide bonds. The Kier molecular flexibility index (Phi) is 15.7. The van der Waals surface area contributed by atoms with E-state index in [-0.39, 0.29) is 41.7 Å². The van der Waals surface area contributed by atoms with Gasteiger partial charge < -0.3 is 44.5 Å². The fraction of sp³-hybridized carbons (Fsp3) is 0.553. The fourth-order valence-corrected chi connectivity index (χ4v) is 9.01. The van der Waals surface area contributed by atoms with Crippen molar-refractivity contribution in [2.75, 3.05) is 84.2 Å². The Balaban J connectivity index is 0.792. The lowest BCUT2D eigenvalue weighted by atomic mass is 9.89. The Labute approximate surface area is 354 Å². The molecule has 3 N–H and O–H groups in total. The van der Waals surface area contributed by atoms with Crippen LogP contribution in [0.4, 0.5) is 5.69 Å². The third kappa shape index (κ3) is 12.2. The molecule has 2 saturated heterocycles. The Hall–Kier alpha value is -4.69. The maximum Gasteiger partial charge on any atom is 0.262 e. The van der Waals surface area contributed by atoms with Crippen molar-refractivity contribution in [1.82, 2.24) is 20.0 Å². The highest BCUT2D eigenvalue weighted by molar-refractivity contribution is 5.97. The zero-order valence-electron chi connectivity index (χ0n) is 35.0. The molecule has 7 rings (SSSR count). The molecular formula is C47H63N5O8. The van der Waals surface area contributed by atoms with Gasteiger partial charge in [0.05, 0.1) is 44.9 Å². The number of piperidine rings is 1. The number of nitrogens with one attached hydrogen (secondary N) is 2.